The van der Waals surface area contributed by atoms with Gasteiger partial charge in [-0.2, -0.15) is 0 Å². The standard InChI is InChI=1S/C20H26O3/c1-12-11-23-18-14(12)9-13-5-6-16-19(2,3)7-4-8-20(16,22)10-15(13)17(18)21/h5-6,9,12,16,21-22H,4,7-8,10-11H2,1-3H3/t12-,16-,20-/m0/s1. The first-order valence-corrected chi connectivity index (χ1v) is 8.74. The van der Waals surface area contributed by atoms with Crippen molar-refractivity contribution in [2.24, 2.45) is 11.3 Å². The fourth-order valence-electron chi connectivity index (χ4n) is 4.91. The van der Waals surface area contributed by atoms with Crippen LogP contribution in [0.3, 0.4) is 0 Å². The van der Waals surface area contributed by atoms with Crippen molar-refractivity contribution in [1.82, 2.24) is 0 Å². The van der Waals surface area contributed by atoms with Gasteiger partial charge in [0.25, 0.3) is 0 Å². The van der Waals surface area contributed by atoms with Crippen molar-refractivity contribution in [3.8, 4) is 11.5 Å². The summed E-state index contributed by atoms with van der Waals surface area (Å²) in [4.78, 5) is 0. The third-order valence-corrected chi connectivity index (χ3v) is 6.23. The van der Waals surface area contributed by atoms with Crippen LogP contribution in [-0.2, 0) is 6.42 Å². The van der Waals surface area contributed by atoms with Gasteiger partial charge in [-0.15, -0.1) is 0 Å². The summed E-state index contributed by atoms with van der Waals surface area (Å²) in [6.07, 6.45) is 7.73. The molecule has 0 unspecified atom stereocenters. The molecule has 1 fully saturated rings. The Kier molecular flexibility index (Phi) is 3.12. The van der Waals surface area contributed by atoms with Gasteiger partial charge >= 0.3 is 0 Å². The van der Waals surface area contributed by atoms with Gasteiger partial charge in [0.1, 0.15) is 0 Å². The minimum atomic E-state index is -0.778. The second-order valence-corrected chi connectivity index (χ2v) is 8.38. The van der Waals surface area contributed by atoms with Gasteiger partial charge in [0, 0.05) is 29.4 Å². The monoisotopic (exact) mass is 314 g/mol. The fourth-order valence-corrected chi connectivity index (χ4v) is 4.91. The Labute approximate surface area is 138 Å². The second kappa shape index (κ2) is 4.76. The van der Waals surface area contributed by atoms with Crippen molar-refractivity contribution in [3.05, 3.63) is 28.8 Å². The predicted molar refractivity (Wildman–Crippen MR) is 90.8 cm³/mol. The van der Waals surface area contributed by atoms with Crippen LogP contribution in [0.5, 0.6) is 11.5 Å². The zero-order chi connectivity index (χ0) is 16.4. The summed E-state index contributed by atoms with van der Waals surface area (Å²) in [5.74, 6) is 1.29. The van der Waals surface area contributed by atoms with E-state index in [-0.39, 0.29) is 17.1 Å². The summed E-state index contributed by atoms with van der Waals surface area (Å²) in [5.41, 5.74) is 2.27. The molecule has 23 heavy (non-hydrogen) atoms. The lowest BCUT2D eigenvalue weighted by atomic mass is 9.60. The second-order valence-electron chi connectivity index (χ2n) is 8.38. The molecular formula is C20H26O3. The highest BCUT2D eigenvalue weighted by Crippen LogP contribution is 2.53. The summed E-state index contributed by atoms with van der Waals surface area (Å²) in [6.45, 7) is 7.23. The van der Waals surface area contributed by atoms with Gasteiger partial charge in [-0.25, -0.2) is 0 Å². The first kappa shape index (κ1) is 15.1. The fraction of sp³-hybridized carbons (Fsp3) is 0.600. The molecule has 1 heterocycles. The summed E-state index contributed by atoms with van der Waals surface area (Å²) in [7, 11) is 0. The average molecular weight is 314 g/mol. The number of phenols is 1. The van der Waals surface area contributed by atoms with Crippen molar-refractivity contribution in [1.29, 1.82) is 0 Å². The van der Waals surface area contributed by atoms with Crippen molar-refractivity contribution >= 4 is 6.08 Å². The van der Waals surface area contributed by atoms with E-state index in [1.807, 2.05) is 0 Å². The Morgan fingerprint density at radius 3 is 2.83 bits per heavy atom. The molecular weight excluding hydrogens is 288 g/mol. The number of ether oxygens (including phenoxy) is 1. The SMILES string of the molecule is C[C@H]1COc2c1cc1c(c2O)C[C@@]2(O)CCCC(C)(C)[C@@H]2C=C1. The van der Waals surface area contributed by atoms with Crippen LogP contribution in [0, 0.1) is 11.3 Å². The summed E-state index contributed by atoms with van der Waals surface area (Å²) in [6, 6.07) is 2.15. The van der Waals surface area contributed by atoms with Crippen LogP contribution in [0.4, 0.5) is 0 Å². The molecule has 0 aromatic heterocycles. The van der Waals surface area contributed by atoms with Crippen molar-refractivity contribution in [2.75, 3.05) is 6.61 Å². The van der Waals surface area contributed by atoms with Crippen LogP contribution >= 0.6 is 0 Å². The molecule has 0 amide bonds. The molecule has 124 valence electrons. The molecule has 2 aliphatic carbocycles. The van der Waals surface area contributed by atoms with E-state index >= 15 is 0 Å². The Morgan fingerprint density at radius 2 is 2.04 bits per heavy atom. The van der Waals surface area contributed by atoms with Crippen LogP contribution in [0.1, 0.15) is 62.6 Å². The molecule has 0 radical (unpaired) electrons. The lowest BCUT2D eigenvalue weighted by Gasteiger charge is -2.48. The third-order valence-electron chi connectivity index (χ3n) is 6.23. The molecule has 1 aliphatic heterocycles. The lowest BCUT2D eigenvalue weighted by Crippen LogP contribution is -2.49. The number of aliphatic hydroxyl groups is 1. The molecule has 1 saturated carbocycles. The van der Waals surface area contributed by atoms with E-state index in [9.17, 15) is 10.2 Å². The minimum Gasteiger partial charge on any atom is -0.504 e. The van der Waals surface area contributed by atoms with Crippen LogP contribution in [0.25, 0.3) is 6.08 Å². The molecule has 4 rings (SSSR count). The van der Waals surface area contributed by atoms with E-state index < -0.39 is 5.60 Å². The van der Waals surface area contributed by atoms with Gasteiger partial charge in [0.2, 0.25) is 0 Å². The summed E-state index contributed by atoms with van der Waals surface area (Å²) < 4.78 is 5.70. The molecule has 0 saturated heterocycles. The largest absolute Gasteiger partial charge is 0.504 e. The molecule has 1 aromatic carbocycles. The van der Waals surface area contributed by atoms with E-state index in [1.54, 1.807) is 0 Å². The maximum absolute atomic E-state index is 11.4. The maximum atomic E-state index is 11.4. The van der Waals surface area contributed by atoms with Crippen molar-refractivity contribution in [2.45, 2.75) is 58.0 Å². The number of fused-ring (bicyclic) bond motifs is 3. The van der Waals surface area contributed by atoms with Gasteiger partial charge in [0.15, 0.2) is 11.5 Å². The Bertz CT molecular complexity index is 689. The molecule has 3 aliphatic rings. The number of hydrogen-bond donors (Lipinski definition) is 2. The van der Waals surface area contributed by atoms with E-state index in [4.69, 9.17) is 4.74 Å². The summed E-state index contributed by atoms with van der Waals surface area (Å²) in [5, 5.41) is 22.1. The zero-order valence-corrected chi connectivity index (χ0v) is 14.2. The van der Waals surface area contributed by atoms with Gasteiger partial charge in [-0.3, -0.25) is 0 Å². The highest BCUT2D eigenvalue weighted by atomic mass is 16.5. The first-order valence-electron chi connectivity index (χ1n) is 8.74. The number of aromatic hydroxyl groups is 1. The van der Waals surface area contributed by atoms with Crippen LogP contribution in [-0.4, -0.2) is 22.4 Å². The first-order chi connectivity index (χ1) is 10.8. The topological polar surface area (TPSA) is 49.7 Å². The highest BCUT2D eigenvalue weighted by Gasteiger charge is 2.48. The lowest BCUT2D eigenvalue weighted by molar-refractivity contribution is -0.0792. The summed E-state index contributed by atoms with van der Waals surface area (Å²) >= 11 is 0. The van der Waals surface area contributed by atoms with Gasteiger partial charge < -0.3 is 14.9 Å². The van der Waals surface area contributed by atoms with Crippen molar-refractivity contribution < 1.29 is 14.9 Å². The van der Waals surface area contributed by atoms with Gasteiger partial charge in [-0.1, -0.05) is 39.3 Å². The van der Waals surface area contributed by atoms with Crippen LogP contribution < -0.4 is 4.74 Å². The smallest absolute Gasteiger partial charge is 0.164 e. The quantitative estimate of drug-likeness (QED) is 0.760. The number of rotatable bonds is 0. The van der Waals surface area contributed by atoms with Crippen LogP contribution in [0.15, 0.2) is 12.1 Å². The molecule has 1 aromatic rings. The van der Waals surface area contributed by atoms with E-state index in [1.165, 1.54) is 0 Å². The van der Waals surface area contributed by atoms with E-state index in [0.29, 0.717) is 24.7 Å². The minimum absolute atomic E-state index is 0.0771. The molecule has 3 heteroatoms. The Morgan fingerprint density at radius 1 is 1.26 bits per heavy atom. The molecule has 2 N–H and O–H groups in total. The number of phenolic OH excluding ortho intramolecular Hbond substituents is 1. The molecule has 0 spiro atoms. The third kappa shape index (κ3) is 2.13. The molecule has 0 bridgehead atoms. The van der Waals surface area contributed by atoms with Gasteiger partial charge in [-0.05, 0) is 29.9 Å². The zero-order valence-electron chi connectivity index (χ0n) is 14.2. The van der Waals surface area contributed by atoms with Crippen LogP contribution in [0.2, 0.25) is 0 Å². The molecule has 3 atom stereocenters. The highest BCUT2D eigenvalue weighted by molar-refractivity contribution is 5.67. The van der Waals surface area contributed by atoms with Gasteiger partial charge in [0.05, 0.1) is 12.2 Å². The maximum Gasteiger partial charge on any atom is 0.164 e. The van der Waals surface area contributed by atoms with E-state index in [0.717, 1.165) is 36.0 Å². The predicted octanol–water partition coefficient (Wildman–Crippen LogP) is 4.01. The Balaban J connectivity index is 1.86. The number of hydrogen-bond acceptors (Lipinski definition) is 3. The normalized spacial score (nSPS) is 34.1. The van der Waals surface area contributed by atoms with E-state index in [2.05, 4.69) is 39.0 Å². The Hall–Kier alpha value is -1.48. The molecule has 3 nitrogen and oxygen atoms in total. The average Bonchev–Trinajstić information content (AvgIpc) is 2.74. The van der Waals surface area contributed by atoms with Crippen molar-refractivity contribution in [3.63, 3.8) is 0 Å². The number of benzene rings is 1.